The Morgan fingerprint density at radius 3 is 1.90 bits per heavy atom. The second kappa shape index (κ2) is 5.78. The van der Waals surface area contributed by atoms with E-state index in [2.05, 4.69) is 60.4 Å². The van der Waals surface area contributed by atoms with Gasteiger partial charge in [0.15, 0.2) is 0 Å². The third-order valence-corrected chi connectivity index (χ3v) is 4.25. The molecule has 1 heterocycles. The zero-order chi connectivity index (χ0) is 13.9. The standard InChI is InChI=1S/C18H21NO/c1-2-16-17(20)13-19(16)18(14-9-5-3-6-10-14)15-11-7-4-8-12-15/h3-12,16-18,20H,2,13H2,1H3/t16-,17-/m1/s1. The second-order valence-corrected chi connectivity index (χ2v) is 5.46. The molecule has 0 bridgehead atoms. The summed E-state index contributed by atoms with van der Waals surface area (Å²) in [6, 6.07) is 21.7. The first-order valence-corrected chi connectivity index (χ1v) is 7.35. The number of aliphatic hydroxyl groups is 1. The number of hydrogen-bond donors (Lipinski definition) is 1. The van der Waals surface area contributed by atoms with Crippen LogP contribution < -0.4 is 0 Å². The molecule has 0 aromatic heterocycles. The Kier molecular flexibility index (Phi) is 3.86. The average Bonchev–Trinajstić information content (AvgIpc) is 2.49. The maximum absolute atomic E-state index is 9.98. The fourth-order valence-corrected chi connectivity index (χ4v) is 3.21. The minimum atomic E-state index is -0.185. The smallest absolute Gasteiger partial charge is 0.0822 e. The molecular weight excluding hydrogens is 246 g/mol. The summed E-state index contributed by atoms with van der Waals surface area (Å²) in [7, 11) is 0. The molecule has 0 spiro atoms. The monoisotopic (exact) mass is 267 g/mol. The number of likely N-dealkylation sites (tertiary alicyclic amines) is 1. The summed E-state index contributed by atoms with van der Waals surface area (Å²) in [6.45, 7) is 2.90. The Bertz CT molecular complexity index is 500. The largest absolute Gasteiger partial charge is 0.390 e. The number of rotatable bonds is 4. The lowest BCUT2D eigenvalue weighted by Crippen LogP contribution is -2.60. The van der Waals surface area contributed by atoms with E-state index in [1.807, 2.05) is 12.1 Å². The highest BCUT2D eigenvalue weighted by Crippen LogP contribution is 2.36. The van der Waals surface area contributed by atoms with E-state index in [4.69, 9.17) is 0 Å². The van der Waals surface area contributed by atoms with Gasteiger partial charge in [-0.1, -0.05) is 67.6 Å². The van der Waals surface area contributed by atoms with E-state index in [0.717, 1.165) is 13.0 Å². The first kappa shape index (κ1) is 13.3. The normalized spacial score (nSPS) is 22.8. The molecule has 2 nitrogen and oxygen atoms in total. The number of aliphatic hydroxyl groups excluding tert-OH is 1. The number of β-amino-alcohol motifs (C(OH)–C–C–N with tert-alkyl or cyclic N) is 1. The summed E-state index contributed by atoms with van der Waals surface area (Å²) in [5.41, 5.74) is 2.59. The van der Waals surface area contributed by atoms with E-state index < -0.39 is 0 Å². The maximum atomic E-state index is 9.98. The van der Waals surface area contributed by atoms with Crippen LogP contribution in [0.1, 0.15) is 30.5 Å². The lowest BCUT2D eigenvalue weighted by molar-refractivity contribution is -0.0794. The van der Waals surface area contributed by atoms with Crippen LogP contribution in [0.2, 0.25) is 0 Å². The highest BCUT2D eigenvalue weighted by Gasteiger charge is 2.41. The lowest BCUT2D eigenvalue weighted by Gasteiger charge is -2.49. The molecule has 0 unspecified atom stereocenters. The van der Waals surface area contributed by atoms with Gasteiger partial charge < -0.3 is 5.11 Å². The van der Waals surface area contributed by atoms with Gasteiger partial charge in [-0.25, -0.2) is 0 Å². The first-order chi connectivity index (χ1) is 9.81. The van der Waals surface area contributed by atoms with Crippen LogP contribution in [0.25, 0.3) is 0 Å². The van der Waals surface area contributed by atoms with Gasteiger partial charge in [-0.3, -0.25) is 4.90 Å². The van der Waals surface area contributed by atoms with E-state index in [1.165, 1.54) is 11.1 Å². The van der Waals surface area contributed by atoms with Crippen LogP contribution >= 0.6 is 0 Å². The van der Waals surface area contributed by atoms with Crippen molar-refractivity contribution < 1.29 is 5.11 Å². The zero-order valence-corrected chi connectivity index (χ0v) is 11.8. The third kappa shape index (κ3) is 2.37. The molecule has 2 aromatic rings. The minimum absolute atomic E-state index is 0.185. The lowest BCUT2D eigenvalue weighted by atomic mass is 9.88. The van der Waals surface area contributed by atoms with Gasteiger partial charge in [0.2, 0.25) is 0 Å². The first-order valence-electron chi connectivity index (χ1n) is 7.35. The second-order valence-electron chi connectivity index (χ2n) is 5.46. The summed E-state index contributed by atoms with van der Waals surface area (Å²) in [5.74, 6) is 0. The molecular formula is C18H21NO. The van der Waals surface area contributed by atoms with Crippen molar-refractivity contribution in [2.45, 2.75) is 31.5 Å². The molecule has 1 aliphatic heterocycles. The highest BCUT2D eigenvalue weighted by molar-refractivity contribution is 5.33. The molecule has 1 N–H and O–H groups in total. The van der Waals surface area contributed by atoms with Crippen molar-refractivity contribution in [3.63, 3.8) is 0 Å². The zero-order valence-electron chi connectivity index (χ0n) is 11.8. The van der Waals surface area contributed by atoms with E-state index in [0.29, 0.717) is 0 Å². The van der Waals surface area contributed by atoms with Crippen LogP contribution in [0.4, 0.5) is 0 Å². The summed E-state index contributed by atoms with van der Waals surface area (Å²) in [6.07, 6.45) is 0.798. The van der Waals surface area contributed by atoms with Gasteiger partial charge in [0.25, 0.3) is 0 Å². The van der Waals surface area contributed by atoms with Crippen LogP contribution in [0, 0.1) is 0 Å². The van der Waals surface area contributed by atoms with Crippen LogP contribution in [0.5, 0.6) is 0 Å². The van der Waals surface area contributed by atoms with E-state index in [-0.39, 0.29) is 18.2 Å². The topological polar surface area (TPSA) is 23.5 Å². The molecule has 0 saturated carbocycles. The van der Waals surface area contributed by atoms with Gasteiger partial charge >= 0.3 is 0 Å². The third-order valence-electron chi connectivity index (χ3n) is 4.25. The highest BCUT2D eigenvalue weighted by atomic mass is 16.3. The summed E-state index contributed by atoms with van der Waals surface area (Å²) < 4.78 is 0. The molecule has 2 aromatic carbocycles. The Morgan fingerprint density at radius 1 is 1.00 bits per heavy atom. The van der Waals surface area contributed by atoms with Crippen molar-refractivity contribution in [2.75, 3.05) is 6.54 Å². The van der Waals surface area contributed by atoms with Crippen LogP contribution in [-0.4, -0.2) is 28.7 Å². The van der Waals surface area contributed by atoms with Crippen molar-refractivity contribution in [1.82, 2.24) is 4.90 Å². The van der Waals surface area contributed by atoms with Crippen LogP contribution in [0.15, 0.2) is 60.7 Å². The predicted octanol–water partition coefficient (Wildman–Crippen LogP) is 3.23. The summed E-state index contributed by atoms with van der Waals surface area (Å²) >= 11 is 0. The molecule has 104 valence electrons. The van der Waals surface area contributed by atoms with E-state index in [1.54, 1.807) is 0 Å². The molecule has 3 rings (SSSR count). The number of hydrogen-bond acceptors (Lipinski definition) is 2. The molecule has 0 aliphatic carbocycles. The quantitative estimate of drug-likeness (QED) is 0.919. The van der Waals surface area contributed by atoms with Gasteiger partial charge in [0, 0.05) is 12.6 Å². The number of benzene rings is 2. The predicted molar refractivity (Wildman–Crippen MR) is 81.5 cm³/mol. The maximum Gasteiger partial charge on any atom is 0.0822 e. The van der Waals surface area contributed by atoms with Crippen molar-refractivity contribution in [2.24, 2.45) is 0 Å². The number of nitrogens with zero attached hydrogens (tertiary/aromatic N) is 1. The molecule has 1 fully saturated rings. The van der Waals surface area contributed by atoms with Gasteiger partial charge in [-0.15, -0.1) is 0 Å². The fraction of sp³-hybridized carbons (Fsp3) is 0.333. The average molecular weight is 267 g/mol. The van der Waals surface area contributed by atoms with Gasteiger partial charge in [-0.2, -0.15) is 0 Å². The van der Waals surface area contributed by atoms with Gasteiger partial charge in [-0.05, 0) is 17.5 Å². The molecule has 2 heteroatoms. The molecule has 1 aliphatic rings. The van der Waals surface area contributed by atoms with Crippen LogP contribution in [-0.2, 0) is 0 Å². The van der Waals surface area contributed by atoms with E-state index in [9.17, 15) is 5.11 Å². The molecule has 2 atom stereocenters. The van der Waals surface area contributed by atoms with Gasteiger partial charge in [0.05, 0.1) is 12.1 Å². The fourth-order valence-electron chi connectivity index (χ4n) is 3.21. The van der Waals surface area contributed by atoms with Crippen molar-refractivity contribution in [3.05, 3.63) is 71.8 Å². The SMILES string of the molecule is CC[C@@H]1[C@H](O)CN1C(c1ccccc1)c1ccccc1. The molecule has 0 radical (unpaired) electrons. The Hall–Kier alpha value is -1.64. The minimum Gasteiger partial charge on any atom is -0.390 e. The molecule has 1 saturated heterocycles. The Morgan fingerprint density at radius 2 is 1.50 bits per heavy atom. The van der Waals surface area contributed by atoms with E-state index >= 15 is 0 Å². The molecule has 20 heavy (non-hydrogen) atoms. The molecule has 0 amide bonds. The van der Waals surface area contributed by atoms with Crippen molar-refractivity contribution in [1.29, 1.82) is 0 Å². The Labute approximate surface area is 120 Å². The Balaban J connectivity index is 1.97. The van der Waals surface area contributed by atoms with Crippen LogP contribution in [0.3, 0.4) is 0 Å². The van der Waals surface area contributed by atoms with Crippen molar-refractivity contribution in [3.8, 4) is 0 Å². The van der Waals surface area contributed by atoms with Gasteiger partial charge in [0.1, 0.15) is 0 Å². The van der Waals surface area contributed by atoms with Crippen molar-refractivity contribution >= 4 is 0 Å². The summed E-state index contributed by atoms with van der Waals surface area (Å²) in [4.78, 5) is 2.41. The summed E-state index contributed by atoms with van der Waals surface area (Å²) in [5, 5.41) is 9.98.